The Morgan fingerprint density at radius 1 is 1.54 bits per heavy atom. The van der Waals surface area contributed by atoms with E-state index in [0.29, 0.717) is 25.7 Å². The Morgan fingerprint density at radius 3 is 2.85 bits per heavy atom. The van der Waals surface area contributed by atoms with Crippen molar-refractivity contribution in [1.82, 2.24) is 0 Å². The van der Waals surface area contributed by atoms with Crippen molar-refractivity contribution in [3.8, 4) is 0 Å². The largest absolute Gasteiger partial charge is 0.393 e. The molecule has 13 heavy (non-hydrogen) atoms. The standard InChI is InChI=1S/C11H17FO/c1-10(2)4-8-3-9(13)6-11(12,5-8)7-10/h4,9,13H,3,5-7H2,1-2H3. The summed E-state index contributed by atoms with van der Waals surface area (Å²) in [5, 5.41) is 9.47. The number of allylic oxidation sites excluding steroid dienone is 1. The molecule has 1 nitrogen and oxygen atoms in total. The van der Waals surface area contributed by atoms with Crippen molar-refractivity contribution < 1.29 is 9.50 Å². The molecule has 0 amide bonds. The quantitative estimate of drug-likeness (QED) is 0.574. The minimum absolute atomic E-state index is 0.0253. The minimum atomic E-state index is -1.13. The SMILES string of the molecule is CC1(C)C=C2CC(O)CC(F)(C2)C1. The fraction of sp³-hybridized carbons (Fsp3) is 0.818. The molecule has 1 fully saturated rings. The van der Waals surface area contributed by atoms with Crippen LogP contribution in [0.4, 0.5) is 4.39 Å². The maximum Gasteiger partial charge on any atom is 0.118 e. The predicted molar refractivity (Wildman–Crippen MR) is 50.2 cm³/mol. The van der Waals surface area contributed by atoms with E-state index in [1.54, 1.807) is 0 Å². The molecule has 0 aromatic heterocycles. The average molecular weight is 184 g/mol. The van der Waals surface area contributed by atoms with Crippen LogP contribution in [0, 0.1) is 5.41 Å². The fourth-order valence-electron chi connectivity index (χ4n) is 3.01. The van der Waals surface area contributed by atoms with Crippen molar-refractivity contribution in [3.05, 3.63) is 11.6 Å². The summed E-state index contributed by atoms with van der Waals surface area (Å²) in [4.78, 5) is 0. The summed E-state index contributed by atoms with van der Waals surface area (Å²) in [6.07, 6.45) is 3.80. The fourth-order valence-corrected chi connectivity index (χ4v) is 3.01. The van der Waals surface area contributed by atoms with E-state index >= 15 is 0 Å². The Hall–Kier alpha value is -0.370. The van der Waals surface area contributed by atoms with Crippen LogP contribution in [0.1, 0.15) is 39.5 Å². The normalized spacial score (nSPS) is 42.8. The van der Waals surface area contributed by atoms with Crippen molar-refractivity contribution in [2.24, 2.45) is 5.41 Å². The van der Waals surface area contributed by atoms with E-state index in [9.17, 15) is 9.50 Å². The Bertz CT molecular complexity index is 257. The zero-order chi connectivity index (χ0) is 9.69. The molecule has 2 heteroatoms. The van der Waals surface area contributed by atoms with E-state index in [1.165, 1.54) is 0 Å². The molecule has 0 radical (unpaired) electrons. The van der Waals surface area contributed by atoms with Gasteiger partial charge in [-0.15, -0.1) is 0 Å². The molecule has 2 aliphatic carbocycles. The van der Waals surface area contributed by atoms with E-state index in [4.69, 9.17) is 0 Å². The van der Waals surface area contributed by atoms with Gasteiger partial charge in [0.1, 0.15) is 5.67 Å². The van der Waals surface area contributed by atoms with Gasteiger partial charge in [0.15, 0.2) is 0 Å². The molecule has 0 spiro atoms. The van der Waals surface area contributed by atoms with Gasteiger partial charge >= 0.3 is 0 Å². The van der Waals surface area contributed by atoms with Gasteiger partial charge in [-0.3, -0.25) is 0 Å². The van der Waals surface area contributed by atoms with Crippen molar-refractivity contribution in [2.75, 3.05) is 0 Å². The first-order valence-electron chi connectivity index (χ1n) is 4.96. The van der Waals surface area contributed by atoms with Crippen molar-refractivity contribution >= 4 is 0 Å². The van der Waals surface area contributed by atoms with Gasteiger partial charge < -0.3 is 5.11 Å². The zero-order valence-corrected chi connectivity index (χ0v) is 8.31. The monoisotopic (exact) mass is 184 g/mol. The number of hydrogen-bond donors (Lipinski definition) is 1. The molecular weight excluding hydrogens is 167 g/mol. The highest BCUT2D eigenvalue weighted by Crippen LogP contribution is 2.48. The van der Waals surface area contributed by atoms with Gasteiger partial charge in [-0.05, 0) is 18.3 Å². The third kappa shape index (κ3) is 1.78. The topological polar surface area (TPSA) is 20.2 Å². The Morgan fingerprint density at radius 2 is 2.23 bits per heavy atom. The highest BCUT2D eigenvalue weighted by molar-refractivity contribution is 5.21. The van der Waals surface area contributed by atoms with E-state index in [0.717, 1.165) is 5.57 Å². The zero-order valence-electron chi connectivity index (χ0n) is 8.31. The summed E-state index contributed by atoms with van der Waals surface area (Å²) in [6.45, 7) is 4.14. The van der Waals surface area contributed by atoms with Crippen LogP contribution in [0.2, 0.25) is 0 Å². The summed E-state index contributed by atoms with van der Waals surface area (Å²) in [5.74, 6) is 0. The van der Waals surface area contributed by atoms with Crippen LogP contribution in [-0.2, 0) is 0 Å². The lowest BCUT2D eigenvalue weighted by Gasteiger charge is -2.43. The summed E-state index contributed by atoms with van der Waals surface area (Å²) in [6, 6.07) is 0. The lowest BCUT2D eigenvalue weighted by atomic mass is 9.66. The van der Waals surface area contributed by atoms with E-state index in [-0.39, 0.29) is 5.41 Å². The van der Waals surface area contributed by atoms with Gasteiger partial charge in [0.2, 0.25) is 0 Å². The van der Waals surface area contributed by atoms with Crippen LogP contribution in [0.15, 0.2) is 11.6 Å². The first-order chi connectivity index (χ1) is 5.89. The summed E-state index contributed by atoms with van der Waals surface area (Å²) in [5.41, 5.74) is -0.0502. The Labute approximate surface area is 78.6 Å². The molecule has 2 bridgehead atoms. The first kappa shape index (κ1) is 9.20. The van der Waals surface area contributed by atoms with Crippen LogP contribution in [-0.4, -0.2) is 16.9 Å². The number of fused-ring (bicyclic) bond motifs is 2. The van der Waals surface area contributed by atoms with Crippen molar-refractivity contribution in [3.63, 3.8) is 0 Å². The van der Waals surface area contributed by atoms with Crippen molar-refractivity contribution in [2.45, 2.75) is 51.3 Å². The van der Waals surface area contributed by atoms with Gasteiger partial charge in [-0.1, -0.05) is 25.5 Å². The lowest BCUT2D eigenvalue weighted by Crippen LogP contribution is -2.41. The third-order valence-corrected chi connectivity index (χ3v) is 3.01. The smallest absolute Gasteiger partial charge is 0.118 e. The van der Waals surface area contributed by atoms with E-state index in [1.807, 2.05) is 0 Å². The van der Waals surface area contributed by atoms with Gasteiger partial charge in [-0.25, -0.2) is 4.39 Å². The summed E-state index contributed by atoms with van der Waals surface area (Å²) >= 11 is 0. The number of alkyl halides is 1. The Balaban J connectivity index is 2.31. The molecule has 0 aromatic rings. The number of halogens is 1. The molecule has 2 aliphatic rings. The maximum absolute atomic E-state index is 14.1. The molecule has 1 saturated carbocycles. The van der Waals surface area contributed by atoms with Crippen LogP contribution in [0.3, 0.4) is 0 Å². The molecule has 2 unspecified atom stereocenters. The number of hydrogen-bond acceptors (Lipinski definition) is 1. The predicted octanol–water partition coefficient (Wildman–Crippen LogP) is 2.60. The molecule has 1 N–H and O–H groups in total. The van der Waals surface area contributed by atoms with Gasteiger partial charge in [-0.2, -0.15) is 0 Å². The van der Waals surface area contributed by atoms with Gasteiger partial charge in [0.05, 0.1) is 6.10 Å². The lowest BCUT2D eigenvalue weighted by molar-refractivity contribution is 0.00672. The molecule has 0 aromatic carbocycles. The molecule has 0 aliphatic heterocycles. The molecular formula is C11H17FO. The van der Waals surface area contributed by atoms with Crippen LogP contribution < -0.4 is 0 Å². The number of aliphatic hydroxyl groups is 1. The number of rotatable bonds is 0. The van der Waals surface area contributed by atoms with Crippen molar-refractivity contribution in [1.29, 1.82) is 0 Å². The highest BCUT2D eigenvalue weighted by Gasteiger charge is 2.44. The second-order valence-electron chi connectivity index (χ2n) is 5.36. The van der Waals surface area contributed by atoms with E-state index < -0.39 is 11.8 Å². The Kier molecular flexibility index (Phi) is 1.82. The summed E-state index contributed by atoms with van der Waals surface area (Å²) < 4.78 is 14.1. The highest BCUT2D eigenvalue weighted by atomic mass is 19.1. The van der Waals surface area contributed by atoms with E-state index in [2.05, 4.69) is 19.9 Å². The second kappa shape index (κ2) is 2.57. The molecule has 2 rings (SSSR count). The van der Waals surface area contributed by atoms with Crippen LogP contribution in [0.25, 0.3) is 0 Å². The molecule has 0 heterocycles. The second-order valence-corrected chi connectivity index (χ2v) is 5.36. The maximum atomic E-state index is 14.1. The third-order valence-electron chi connectivity index (χ3n) is 3.01. The molecule has 74 valence electrons. The molecule has 2 atom stereocenters. The first-order valence-corrected chi connectivity index (χ1v) is 4.96. The average Bonchev–Trinajstić information content (AvgIpc) is 1.75. The minimum Gasteiger partial charge on any atom is -0.393 e. The summed E-state index contributed by atoms with van der Waals surface area (Å²) in [7, 11) is 0. The van der Waals surface area contributed by atoms with Gasteiger partial charge in [0.25, 0.3) is 0 Å². The number of aliphatic hydroxyl groups excluding tert-OH is 1. The van der Waals surface area contributed by atoms with Crippen LogP contribution in [0.5, 0.6) is 0 Å². The molecule has 0 saturated heterocycles. The van der Waals surface area contributed by atoms with Gasteiger partial charge in [0, 0.05) is 12.8 Å². The van der Waals surface area contributed by atoms with Crippen LogP contribution >= 0.6 is 0 Å².